The van der Waals surface area contributed by atoms with Crippen molar-refractivity contribution in [2.24, 2.45) is 0 Å². The maximum atomic E-state index is 14.4. The highest BCUT2D eigenvalue weighted by atomic mass is 19.4. The van der Waals surface area contributed by atoms with Crippen molar-refractivity contribution >= 4 is 33.3 Å². The normalized spacial score (nSPS) is 13.3. The molecule has 0 aliphatic heterocycles. The van der Waals surface area contributed by atoms with Gasteiger partial charge in [0.05, 0.1) is 39.0 Å². The van der Waals surface area contributed by atoms with E-state index in [9.17, 15) is 68.5 Å². The lowest BCUT2D eigenvalue weighted by atomic mass is 9.90. The Balaban J connectivity index is 2.14. The van der Waals surface area contributed by atoms with Gasteiger partial charge in [0.1, 0.15) is 29.2 Å². The number of alkyl halides is 12. The van der Waals surface area contributed by atoms with Crippen molar-refractivity contribution in [3.63, 3.8) is 0 Å². The van der Waals surface area contributed by atoms with Crippen LogP contribution in [0.4, 0.5) is 52.7 Å². The average molecular weight is 699 g/mol. The third-order valence-electron chi connectivity index (χ3n) is 6.95. The Labute approximate surface area is 262 Å². The molecular formula is C30H9F12N5O2. The van der Waals surface area contributed by atoms with E-state index in [0.717, 1.165) is 6.92 Å². The summed E-state index contributed by atoms with van der Waals surface area (Å²) >= 11 is 0. The summed E-state index contributed by atoms with van der Waals surface area (Å²) < 4.78 is 178. The predicted octanol–water partition coefficient (Wildman–Crippen LogP) is 8.27. The van der Waals surface area contributed by atoms with Crippen LogP contribution in [0.2, 0.25) is 0 Å². The van der Waals surface area contributed by atoms with E-state index in [2.05, 4.69) is 9.97 Å². The smallest absolute Gasteiger partial charge is 0.417 e. The summed E-state index contributed by atoms with van der Waals surface area (Å²) in [5.74, 6) is 0. The average Bonchev–Trinajstić information content (AvgIpc) is 3.63. The second-order valence-electron chi connectivity index (χ2n) is 9.99. The summed E-state index contributed by atoms with van der Waals surface area (Å²) in [7, 11) is 0. The first-order valence-electron chi connectivity index (χ1n) is 12.9. The molecule has 0 unspecified atom stereocenters. The van der Waals surface area contributed by atoms with Gasteiger partial charge in [-0.2, -0.15) is 68.5 Å². The van der Waals surface area contributed by atoms with E-state index >= 15 is 0 Å². The molecule has 0 saturated carbocycles. The van der Waals surface area contributed by atoms with Gasteiger partial charge in [-0.25, -0.2) is 9.97 Å². The molecule has 5 rings (SSSR count). The minimum Gasteiger partial charge on any atom is -0.435 e. The molecule has 0 spiro atoms. The highest BCUT2D eigenvalue weighted by Gasteiger charge is 2.42. The molecule has 7 nitrogen and oxygen atoms in total. The van der Waals surface area contributed by atoms with Crippen LogP contribution in [0.25, 0.3) is 55.6 Å². The van der Waals surface area contributed by atoms with Gasteiger partial charge >= 0.3 is 24.7 Å². The molecule has 0 fully saturated rings. The van der Waals surface area contributed by atoms with Crippen molar-refractivity contribution in [1.29, 1.82) is 15.8 Å². The van der Waals surface area contributed by atoms with Gasteiger partial charge in [0, 0.05) is 11.1 Å². The molecule has 19 heteroatoms. The van der Waals surface area contributed by atoms with Gasteiger partial charge in [0.25, 0.3) is 0 Å². The lowest BCUT2D eigenvalue weighted by Crippen LogP contribution is -2.13. The lowest BCUT2D eigenvalue weighted by molar-refractivity contribution is -0.144. The molecule has 0 saturated heterocycles. The van der Waals surface area contributed by atoms with E-state index in [1.54, 1.807) is 6.07 Å². The minimum absolute atomic E-state index is 0.237. The molecule has 0 radical (unpaired) electrons. The van der Waals surface area contributed by atoms with Gasteiger partial charge in [-0.15, -0.1) is 0 Å². The fourth-order valence-corrected chi connectivity index (χ4v) is 4.81. The molecule has 49 heavy (non-hydrogen) atoms. The number of halogens is 12. The number of nitrogens with zero attached hydrogens (tertiary/aromatic N) is 5. The molecule has 0 N–H and O–H groups in total. The Bertz CT molecular complexity index is 2290. The van der Waals surface area contributed by atoms with E-state index in [1.807, 2.05) is 0 Å². The van der Waals surface area contributed by atoms with Crippen LogP contribution < -0.4 is 11.1 Å². The molecule has 0 aliphatic rings. The van der Waals surface area contributed by atoms with Gasteiger partial charge in [-0.3, -0.25) is 0 Å². The number of oxazole rings is 2. The van der Waals surface area contributed by atoms with E-state index in [4.69, 9.17) is 8.83 Å². The summed E-state index contributed by atoms with van der Waals surface area (Å²) in [4.78, 5) is 7.76. The van der Waals surface area contributed by atoms with Crippen molar-refractivity contribution in [3.8, 4) is 40.5 Å². The molecule has 250 valence electrons. The molecule has 0 bridgehead atoms. The SMILES string of the molecule is C/C(C#N)=c1/nc2c(-c3ccc(C(F)(F)F)cc3C(F)(F)F)c3oc(=C(C#N)C#N)nc3c(-c3ccc(C(F)(F)F)cc3C(F)(F)F)c2o1. The van der Waals surface area contributed by atoms with Crippen molar-refractivity contribution in [3.05, 3.63) is 69.7 Å². The molecule has 2 aromatic heterocycles. The fraction of sp³-hybridized carbons (Fsp3) is 0.167. The molecule has 0 atom stereocenters. The van der Waals surface area contributed by atoms with E-state index < -0.39 is 114 Å². The first kappa shape index (κ1) is 34.3. The van der Waals surface area contributed by atoms with Crippen molar-refractivity contribution in [2.75, 3.05) is 0 Å². The molecule has 5 aromatic rings. The standard InChI is InChI=1S/C30H9F12N5O2/c1-11(8-43)25-46-21-19(15-4-2-13(27(31,32)33)6-17(15)29(37,38)39)24-22(47-26(49-24)12(9-44)10-45)20(23(21)48-25)16-5-3-14(28(34,35)36)7-18(16)30(40,41)42/h2-7H,1H3/b25-11+. The van der Waals surface area contributed by atoms with Crippen molar-refractivity contribution in [1.82, 2.24) is 9.97 Å². The van der Waals surface area contributed by atoms with Crippen LogP contribution in [0, 0.1) is 34.0 Å². The second-order valence-corrected chi connectivity index (χ2v) is 9.99. The summed E-state index contributed by atoms with van der Waals surface area (Å²) in [5.41, 5.74) is -18.3. The van der Waals surface area contributed by atoms with E-state index in [1.165, 1.54) is 12.1 Å². The van der Waals surface area contributed by atoms with Crippen LogP contribution in [0.5, 0.6) is 0 Å². The number of hydrogen-bond donors (Lipinski definition) is 0. The number of aromatic nitrogens is 2. The number of nitriles is 3. The van der Waals surface area contributed by atoms with E-state index in [0.29, 0.717) is 12.1 Å². The number of hydrogen-bond acceptors (Lipinski definition) is 7. The molecule has 3 aromatic carbocycles. The molecule has 2 heterocycles. The molecule has 0 amide bonds. The third kappa shape index (κ3) is 5.97. The zero-order chi connectivity index (χ0) is 36.4. The summed E-state index contributed by atoms with van der Waals surface area (Å²) in [6.07, 6.45) is -21.7. The van der Waals surface area contributed by atoms with Crippen molar-refractivity contribution in [2.45, 2.75) is 31.6 Å². The van der Waals surface area contributed by atoms with Crippen LogP contribution in [0.3, 0.4) is 0 Å². The topological polar surface area (TPSA) is 123 Å². The lowest BCUT2D eigenvalue weighted by Gasteiger charge is -2.18. The Morgan fingerprint density at radius 2 is 0.959 bits per heavy atom. The Morgan fingerprint density at radius 1 is 0.571 bits per heavy atom. The Kier molecular flexibility index (Phi) is 7.91. The number of fused-ring (bicyclic) bond motifs is 2. The summed E-state index contributed by atoms with van der Waals surface area (Å²) in [5, 5.41) is 28.2. The van der Waals surface area contributed by atoms with Crippen LogP contribution >= 0.6 is 0 Å². The number of rotatable bonds is 2. The quantitative estimate of drug-likeness (QED) is 0.170. The Morgan fingerprint density at radius 3 is 1.31 bits per heavy atom. The summed E-state index contributed by atoms with van der Waals surface area (Å²) in [6, 6.07) is 4.89. The second kappa shape index (κ2) is 11.3. The van der Waals surface area contributed by atoms with Crippen molar-refractivity contribution < 1.29 is 61.5 Å². The van der Waals surface area contributed by atoms with Crippen LogP contribution in [-0.2, 0) is 24.7 Å². The van der Waals surface area contributed by atoms with Gasteiger partial charge in [-0.1, -0.05) is 12.1 Å². The maximum absolute atomic E-state index is 14.4. The number of benzene rings is 3. The molecule has 0 aliphatic carbocycles. The third-order valence-corrected chi connectivity index (χ3v) is 6.95. The summed E-state index contributed by atoms with van der Waals surface area (Å²) in [6.45, 7) is 1.07. The fourth-order valence-electron chi connectivity index (χ4n) is 4.81. The predicted molar refractivity (Wildman–Crippen MR) is 141 cm³/mol. The highest BCUT2D eigenvalue weighted by Crippen LogP contribution is 2.49. The minimum atomic E-state index is -5.55. The van der Waals surface area contributed by atoms with Gasteiger partial charge < -0.3 is 8.83 Å². The highest BCUT2D eigenvalue weighted by molar-refractivity contribution is 6.16. The zero-order valence-corrected chi connectivity index (χ0v) is 23.6. The van der Waals surface area contributed by atoms with Gasteiger partial charge in [0.15, 0.2) is 16.7 Å². The first-order valence-corrected chi connectivity index (χ1v) is 12.9. The van der Waals surface area contributed by atoms with Gasteiger partial charge in [0.2, 0.25) is 11.1 Å². The Hall–Kier alpha value is -6.03. The maximum Gasteiger partial charge on any atom is 0.417 e. The monoisotopic (exact) mass is 699 g/mol. The van der Waals surface area contributed by atoms with E-state index in [-0.39, 0.29) is 24.3 Å². The van der Waals surface area contributed by atoms with Gasteiger partial charge in [-0.05, 0) is 31.2 Å². The van der Waals surface area contributed by atoms with Crippen LogP contribution in [0.1, 0.15) is 29.2 Å². The molecular weight excluding hydrogens is 690 g/mol. The van der Waals surface area contributed by atoms with Crippen LogP contribution in [0.15, 0.2) is 45.2 Å². The largest absolute Gasteiger partial charge is 0.435 e. The zero-order valence-electron chi connectivity index (χ0n) is 23.6. The van der Waals surface area contributed by atoms with Crippen LogP contribution in [-0.4, -0.2) is 9.97 Å². The first-order chi connectivity index (χ1) is 22.6.